The number of hydrogen-bond acceptors (Lipinski definition) is 6. The molecule has 1 aromatic carbocycles. The quantitative estimate of drug-likeness (QED) is 0.814. The number of ether oxygens (including phenoxy) is 1. The highest BCUT2D eigenvalue weighted by molar-refractivity contribution is 5.71. The molecule has 1 atom stereocenters. The molecule has 2 aromatic rings. The van der Waals surface area contributed by atoms with Crippen LogP contribution in [0.1, 0.15) is 24.1 Å². The van der Waals surface area contributed by atoms with Crippen LogP contribution in [0.4, 0.5) is 5.95 Å². The van der Waals surface area contributed by atoms with E-state index in [1.165, 1.54) is 12.7 Å². The molecule has 2 heterocycles. The number of piperidine rings is 1. The Hall–Kier alpha value is -2.47. The fraction of sp³-hybridized carbons (Fsp3) is 0.421. The molecule has 0 saturated carbocycles. The van der Waals surface area contributed by atoms with E-state index in [0.29, 0.717) is 17.7 Å². The third-order valence-corrected chi connectivity index (χ3v) is 4.35. The van der Waals surface area contributed by atoms with Crippen LogP contribution in [0.15, 0.2) is 42.6 Å². The summed E-state index contributed by atoms with van der Waals surface area (Å²) in [5.41, 5.74) is 2.00. The summed E-state index contributed by atoms with van der Waals surface area (Å²) in [5.74, 6) is 0.282. The smallest absolute Gasteiger partial charge is 0.311 e. The molecular weight excluding hydrogens is 316 g/mol. The number of esters is 1. The fourth-order valence-corrected chi connectivity index (χ4v) is 3.13. The highest BCUT2D eigenvalue weighted by Crippen LogP contribution is 2.16. The molecule has 1 N–H and O–H groups in total. The predicted molar refractivity (Wildman–Crippen MR) is 96.1 cm³/mol. The minimum absolute atomic E-state index is 0.165. The van der Waals surface area contributed by atoms with E-state index in [1.54, 1.807) is 12.3 Å². The Morgan fingerprint density at radius 2 is 2.16 bits per heavy atom. The van der Waals surface area contributed by atoms with E-state index in [9.17, 15) is 4.79 Å². The van der Waals surface area contributed by atoms with Gasteiger partial charge in [-0.15, -0.1) is 0 Å². The number of nitrogens with zero attached hydrogens (tertiary/aromatic N) is 3. The predicted octanol–water partition coefficient (Wildman–Crippen LogP) is 2.27. The second-order valence-corrected chi connectivity index (χ2v) is 6.33. The molecule has 25 heavy (non-hydrogen) atoms. The number of likely N-dealkylation sites (tertiary alicyclic amines) is 1. The summed E-state index contributed by atoms with van der Waals surface area (Å²) in [7, 11) is 1.38. The number of anilines is 1. The van der Waals surface area contributed by atoms with Gasteiger partial charge in [-0.2, -0.15) is 0 Å². The third kappa shape index (κ3) is 5.26. The summed E-state index contributed by atoms with van der Waals surface area (Å²) in [6.07, 6.45) is 4.08. The number of carbonyl (C=O) groups is 1. The van der Waals surface area contributed by atoms with Gasteiger partial charge >= 0.3 is 5.97 Å². The normalized spacial score (nSPS) is 17.9. The van der Waals surface area contributed by atoms with Gasteiger partial charge in [0.15, 0.2) is 0 Å². The minimum Gasteiger partial charge on any atom is -0.469 e. The molecule has 1 unspecified atom stereocenters. The molecule has 1 aromatic heterocycles. The molecule has 0 bridgehead atoms. The van der Waals surface area contributed by atoms with Crippen LogP contribution >= 0.6 is 0 Å². The summed E-state index contributed by atoms with van der Waals surface area (Å²) < 4.78 is 4.69. The van der Waals surface area contributed by atoms with E-state index >= 15 is 0 Å². The van der Waals surface area contributed by atoms with Crippen LogP contribution < -0.4 is 5.32 Å². The summed E-state index contributed by atoms with van der Waals surface area (Å²) >= 11 is 0. The van der Waals surface area contributed by atoms with Crippen LogP contribution in [0.3, 0.4) is 0 Å². The van der Waals surface area contributed by atoms with Gasteiger partial charge < -0.3 is 10.1 Å². The van der Waals surface area contributed by atoms with Crippen LogP contribution in [0.2, 0.25) is 0 Å². The summed E-state index contributed by atoms with van der Waals surface area (Å²) in [4.78, 5) is 22.5. The Balaban J connectivity index is 1.57. The van der Waals surface area contributed by atoms with Crippen molar-refractivity contribution in [1.29, 1.82) is 0 Å². The summed E-state index contributed by atoms with van der Waals surface area (Å²) in [5, 5.41) is 3.41. The van der Waals surface area contributed by atoms with E-state index < -0.39 is 0 Å². The van der Waals surface area contributed by atoms with Crippen LogP contribution in [-0.4, -0.2) is 47.1 Å². The van der Waals surface area contributed by atoms with Crippen molar-refractivity contribution < 1.29 is 9.53 Å². The molecular formula is C19H24N4O2. The first-order valence-electron chi connectivity index (χ1n) is 8.64. The van der Waals surface area contributed by atoms with Gasteiger partial charge in [0.1, 0.15) is 0 Å². The number of nitrogens with one attached hydrogen (secondary N) is 1. The zero-order valence-electron chi connectivity index (χ0n) is 14.5. The lowest BCUT2D eigenvalue weighted by molar-refractivity contribution is -0.139. The first-order valence-corrected chi connectivity index (χ1v) is 8.64. The molecule has 0 spiro atoms. The Labute approximate surface area is 148 Å². The molecule has 1 fully saturated rings. The van der Waals surface area contributed by atoms with Gasteiger partial charge in [0.05, 0.1) is 19.2 Å². The number of rotatable bonds is 6. The Morgan fingerprint density at radius 1 is 1.32 bits per heavy atom. The molecule has 0 radical (unpaired) electrons. The second kappa shape index (κ2) is 8.58. The molecule has 132 valence electrons. The van der Waals surface area contributed by atoms with E-state index in [4.69, 9.17) is 0 Å². The van der Waals surface area contributed by atoms with Crippen molar-refractivity contribution in [1.82, 2.24) is 14.9 Å². The van der Waals surface area contributed by atoms with E-state index in [-0.39, 0.29) is 12.4 Å². The number of methoxy groups -OCH3 is 1. The van der Waals surface area contributed by atoms with E-state index in [0.717, 1.165) is 32.5 Å². The Morgan fingerprint density at radius 3 is 2.96 bits per heavy atom. The number of aromatic nitrogens is 2. The zero-order chi connectivity index (χ0) is 17.5. The van der Waals surface area contributed by atoms with E-state index in [1.807, 2.05) is 6.07 Å². The molecule has 1 saturated heterocycles. The van der Waals surface area contributed by atoms with Crippen LogP contribution in [-0.2, 0) is 22.5 Å². The highest BCUT2D eigenvalue weighted by atomic mass is 16.5. The number of benzene rings is 1. The van der Waals surface area contributed by atoms with Gasteiger partial charge in [-0.05, 0) is 31.0 Å². The summed E-state index contributed by atoms with van der Waals surface area (Å²) in [6, 6.07) is 12.6. The minimum atomic E-state index is -0.295. The second-order valence-electron chi connectivity index (χ2n) is 6.33. The van der Waals surface area contributed by atoms with Gasteiger partial charge in [0.25, 0.3) is 0 Å². The topological polar surface area (TPSA) is 67.3 Å². The van der Waals surface area contributed by atoms with Gasteiger partial charge in [-0.25, -0.2) is 9.97 Å². The first-order chi connectivity index (χ1) is 12.2. The van der Waals surface area contributed by atoms with E-state index in [2.05, 4.69) is 49.2 Å². The van der Waals surface area contributed by atoms with Crippen molar-refractivity contribution in [3.63, 3.8) is 0 Å². The van der Waals surface area contributed by atoms with Crippen molar-refractivity contribution >= 4 is 11.9 Å². The van der Waals surface area contributed by atoms with Gasteiger partial charge in [-0.1, -0.05) is 30.3 Å². The molecule has 0 amide bonds. The lowest BCUT2D eigenvalue weighted by Crippen LogP contribution is -2.41. The standard InChI is InChI=1S/C19H24N4O2/c1-25-18(24)12-16-9-10-20-19(21-16)22-17-8-5-11-23(14-17)13-15-6-3-2-4-7-15/h2-4,6-7,9-10,17H,5,8,11-14H2,1H3,(H,20,21,22). The fourth-order valence-electron chi connectivity index (χ4n) is 3.13. The molecule has 1 aliphatic rings. The molecule has 1 aliphatic heterocycles. The van der Waals surface area contributed by atoms with Gasteiger partial charge in [-0.3, -0.25) is 9.69 Å². The lowest BCUT2D eigenvalue weighted by atomic mass is 10.0. The average molecular weight is 340 g/mol. The van der Waals surface area contributed by atoms with Crippen molar-refractivity contribution in [3.05, 3.63) is 53.9 Å². The SMILES string of the molecule is COC(=O)Cc1ccnc(NC2CCCN(Cc3ccccc3)C2)n1. The highest BCUT2D eigenvalue weighted by Gasteiger charge is 2.20. The first kappa shape index (κ1) is 17.4. The largest absolute Gasteiger partial charge is 0.469 e. The van der Waals surface area contributed by atoms with Crippen molar-refractivity contribution in [2.24, 2.45) is 0 Å². The third-order valence-electron chi connectivity index (χ3n) is 4.35. The Kier molecular flexibility index (Phi) is 5.95. The Bertz CT molecular complexity index is 693. The number of carbonyl (C=O) groups excluding carboxylic acids is 1. The maximum absolute atomic E-state index is 11.4. The molecule has 6 nitrogen and oxygen atoms in total. The lowest BCUT2D eigenvalue weighted by Gasteiger charge is -2.33. The monoisotopic (exact) mass is 340 g/mol. The van der Waals surface area contributed by atoms with Crippen molar-refractivity contribution in [2.75, 3.05) is 25.5 Å². The molecule has 0 aliphatic carbocycles. The van der Waals surface area contributed by atoms with Crippen LogP contribution in [0, 0.1) is 0 Å². The maximum Gasteiger partial charge on any atom is 0.311 e. The zero-order valence-corrected chi connectivity index (χ0v) is 14.5. The van der Waals surface area contributed by atoms with Crippen LogP contribution in [0.5, 0.6) is 0 Å². The van der Waals surface area contributed by atoms with Crippen LogP contribution in [0.25, 0.3) is 0 Å². The number of hydrogen-bond donors (Lipinski definition) is 1. The molecule has 3 rings (SSSR count). The molecule has 6 heteroatoms. The van der Waals surface area contributed by atoms with Crippen molar-refractivity contribution in [2.45, 2.75) is 31.8 Å². The maximum atomic E-state index is 11.4. The summed E-state index contributed by atoms with van der Waals surface area (Å²) in [6.45, 7) is 3.03. The van der Waals surface area contributed by atoms with Gasteiger partial charge in [0, 0.05) is 25.3 Å². The average Bonchev–Trinajstić information content (AvgIpc) is 2.63. The van der Waals surface area contributed by atoms with Crippen molar-refractivity contribution in [3.8, 4) is 0 Å². The van der Waals surface area contributed by atoms with Gasteiger partial charge in [0.2, 0.25) is 5.95 Å².